The van der Waals surface area contributed by atoms with Crippen molar-refractivity contribution >= 4 is 23.5 Å². The molecule has 84 valence electrons. The highest BCUT2D eigenvalue weighted by Crippen LogP contribution is 2.12. The number of nitrogens with one attached hydrogen (secondary N) is 1. The summed E-state index contributed by atoms with van der Waals surface area (Å²) in [4.78, 5) is 23.7. The molecule has 3 amide bonds. The first-order chi connectivity index (χ1) is 7.65. The van der Waals surface area contributed by atoms with Crippen LogP contribution >= 0.6 is 11.6 Å². The van der Waals surface area contributed by atoms with Gasteiger partial charge in [0.05, 0.1) is 0 Å². The third-order valence-electron chi connectivity index (χ3n) is 2.43. The smallest absolute Gasteiger partial charge is 0.315 e. The van der Waals surface area contributed by atoms with E-state index in [2.05, 4.69) is 5.32 Å². The molecule has 0 radical (unpaired) electrons. The summed E-state index contributed by atoms with van der Waals surface area (Å²) in [5.74, 6) is -0.240. The third-order valence-corrected chi connectivity index (χ3v) is 2.66. The Hall–Kier alpha value is -1.55. The van der Waals surface area contributed by atoms with Gasteiger partial charge < -0.3 is 4.90 Å². The van der Waals surface area contributed by atoms with E-state index >= 15 is 0 Å². The first-order valence-electron chi connectivity index (χ1n) is 4.98. The minimum absolute atomic E-state index is 0.152. The van der Waals surface area contributed by atoms with Crippen LogP contribution in [0.5, 0.6) is 0 Å². The topological polar surface area (TPSA) is 49.4 Å². The van der Waals surface area contributed by atoms with Crippen molar-refractivity contribution in [3.8, 4) is 0 Å². The summed E-state index contributed by atoms with van der Waals surface area (Å²) in [7, 11) is 0. The predicted octanol–water partition coefficient (Wildman–Crippen LogP) is 1.43. The fraction of sp³-hybridized carbons (Fsp3) is 0.273. The highest BCUT2D eigenvalue weighted by atomic mass is 35.5. The number of urea groups is 1. The van der Waals surface area contributed by atoms with Gasteiger partial charge >= 0.3 is 6.03 Å². The maximum atomic E-state index is 11.2. The van der Waals surface area contributed by atoms with Gasteiger partial charge in [-0.3, -0.25) is 10.1 Å². The minimum Gasteiger partial charge on any atom is -0.315 e. The molecule has 4 nitrogen and oxygen atoms in total. The van der Waals surface area contributed by atoms with Crippen molar-refractivity contribution in [2.24, 2.45) is 0 Å². The van der Waals surface area contributed by atoms with Crippen molar-refractivity contribution in [1.82, 2.24) is 10.2 Å². The number of carbonyl (C=O) groups is 2. The average Bonchev–Trinajstić information content (AvgIpc) is 2.54. The molecule has 1 saturated heterocycles. The molecule has 1 aliphatic heterocycles. The molecule has 5 heteroatoms. The fourth-order valence-electron chi connectivity index (χ4n) is 1.62. The summed E-state index contributed by atoms with van der Waals surface area (Å²) < 4.78 is 0. The average molecular weight is 239 g/mol. The van der Waals surface area contributed by atoms with Crippen LogP contribution in [0.15, 0.2) is 24.3 Å². The number of amides is 3. The molecule has 16 heavy (non-hydrogen) atoms. The first kappa shape index (κ1) is 11.0. The van der Waals surface area contributed by atoms with Crippen molar-refractivity contribution in [2.45, 2.75) is 6.42 Å². The summed E-state index contributed by atoms with van der Waals surface area (Å²) in [6, 6.07) is 7.16. The Morgan fingerprint density at radius 3 is 2.81 bits per heavy atom. The largest absolute Gasteiger partial charge is 0.324 e. The van der Waals surface area contributed by atoms with E-state index in [9.17, 15) is 9.59 Å². The normalized spacial score (nSPS) is 15.4. The van der Waals surface area contributed by atoms with E-state index in [0.717, 1.165) is 5.56 Å². The van der Waals surface area contributed by atoms with Gasteiger partial charge in [0.25, 0.3) is 0 Å². The first-order valence-corrected chi connectivity index (χ1v) is 5.36. The van der Waals surface area contributed by atoms with E-state index in [4.69, 9.17) is 11.6 Å². The van der Waals surface area contributed by atoms with Gasteiger partial charge in [-0.05, 0) is 24.1 Å². The van der Waals surface area contributed by atoms with E-state index in [-0.39, 0.29) is 18.5 Å². The predicted molar refractivity (Wildman–Crippen MR) is 60.3 cm³/mol. The zero-order valence-electron chi connectivity index (χ0n) is 8.57. The highest BCUT2D eigenvalue weighted by molar-refractivity contribution is 6.30. The summed E-state index contributed by atoms with van der Waals surface area (Å²) in [5.41, 5.74) is 1.06. The molecule has 0 unspecified atom stereocenters. The Morgan fingerprint density at radius 2 is 2.19 bits per heavy atom. The van der Waals surface area contributed by atoms with Crippen molar-refractivity contribution in [3.05, 3.63) is 34.9 Å². The van der Waals surface area contributed by atoms with Gasteiger partial charge in [-0.15, -0.1) is 0 Å². The Bertz CT molecular complexity index is 434. The van der Waals surface area contributed by atoms with Crippen LogP contribution in [0.2, 0.25) is 5.02 Å². The molecule has 0 aliphatic carbocycles. The van der Waals surface area contributed by atoms with Gasteiger partial charge in [-0.25, -0.2) is 4.79 Å². The molecule has 2 rings (SSSR count). The molecule has 0 atom stereocenters. The van der Waals surface area contributed by atoms with Crippen LogP contribution in [0, 0.1) is 0 Å². The molecule has 1 aromatic rings. The van der Waals surface area contributed by atoms with E-state index in [0.29, 0.717) is 18.0 Å². The second kappa shape index (κ2) is 4.53. The molecule has 1 fully saturated rings. The van der Waals surface area contributed by atoms with Crippen LogP contribution in [0.3, 0.4) is 0 Å². The van der Waals surface area contributed by atoms with Crippen LogP contribution in [-0.4, -0.2) is 29.9 Å². The quantitative estimate of drug-likeness (QED) is 0.810. The Labute approximate surface area is 98.2 Å². The van der Waals surface area contributed by atoms with E-state index in [1.165, 1.54) is 4.90 Å². The second-order valence-corrected chi connectivity index (χ2v) is 4.09. The van der Waals surface area contributed by atoms with Crippen molar-refractivity contribution in [1.29, 1.82) is 0 Å². The third kappa shape index (κ3) is 2.52. The van der Waals surface area contributed by atoms with E-state index in [1.807, 2.05) is 18.2 Å². The molecular formula is C11H11ClN2O2. The lowest BCUT2D eigenvalue weighted by atomic mass is 10.1. The summed E-state index contributed by atoms with van der Waals surface area (Å²) in [6.45, 7) is 0.678. The highest BCUT2D eigenvalue weighted by Gasteiger charge is 2.25. The summed E-state index contributed by atoms with van der Waals surface area (Å²) in [5, 5.41) is 2.92. The Kier molecular flexibility index (Phi) is 3.10. The molecule has 1 aromatic carbocycles. The molecule has 0 aromatic heterocycles. The molecule has 1 aliphatic rings. The van der Waals surface area contributed by atoms with Gasteiger partial charge in [0.2, 0.25) is 5.91 Å². The molecule has 0 bridgehead atoms. The summed E-state index contributed by atoms with van der Waals surface area (Å²) >= 11 is 5.85. The molecule has 0 spiro atoms. The zero-order valence-corrected chi connectivity index (χ0v) is 9.33. The fourth-order valence-corrected chi connectivity index (χ4v) is 1.83. The van der Waals surface area contributed by atoms with Gasteiger partial charge in [0.1, 0.15) is 6.54 Å². The zero-order chi connectivity index (χ0) is 11.5. The van der Waals surface area contributed by atoms with Crippen molar-refractivity contribution < 1.29 is 9.59 Å². The number of carbonyl (C=O) groups excluding carboxylic acids is 2. The van der Waals surface area contributed by atoms with Gasteiger partial charge in [-0.1, -0.05) is 23.7 Å². The van der Waals surface area contributed by atoms with Crippen LogP contribution in [-0.2, 0) is 11.2 Å². The Balaban J connectivity index is 1.93. The number of nitrogens with zero attached hydrogens (tertiary/aromatic N) is 1. The maximum absolute atomic E-state index is 11.2. The second-order valence-electron chi connectivity index (χ2n) is 3.65. The van der Waals surface area contributed by atoms with Gasteiger partial charge in [0.15, 0.2) is 0 Å². The number of halogens is 1. The lowest BCUT2D eigenvalue weighted by Gasteiger charge is -2.12. The van der Waals surface area contributed by atoms with E-state index < -0.39 is 0 Å². The number of benzene rings is 1. The van der Waals surface area contributed by atoms with Crippen LogP contribution in [0.25, 0.3) is 0 Å². The lowest BCUT2D eigenvalue weighted by Crippen LogP contribution is -2.30. The minimum atomic E-state index is -0.313. The van der Waals surface area contributed by atoms with Gasteiger partial charge in [-0.2, -0.15) is 0 Å². The summed E-state index contributed by atoms with van der Waals surface area (Å²) in [6.07, 6.45) is 0.696. The maximum Gasteiger partial charge on any atom is 0.324 e. The van der Waals surface area contributed by atoms with Gasteiger partial charge in [0, 0.05) is 11.6 Å². The number of hydrogen-bond acceptors (Lipinski definition) is 2. The van der Waals surface area contributed by atoms with Crippen LogP contribution in [0.4, 0.5) is 4.79 Å². The standard InChI is InChI=1S/C11H11ClN2O2/c12-9-3-1-2-8(6-9)4-5-14-7-10(15)13-11(14)16/h1-3,6H,4-5,7H2,(H,13,15,16). The number of imide groups is 1. The molecule has 1 heterocycles. The lowest BCUT2D eigenvalue weighted by molar-refractivity contribution is -0.118. The number of rotatable bonds is 3. The van der Waals surface area contributed by atoms with Crippen molar-refractivity contribution in [3.63, 3.8) is 0 Å². The number of hydrogen-bond donors (Lipinski definition) is 1. The monoisotopic (exact) mass is 238 g/mol. The molecular weight excluding hydrogens is 228 g/mol. The van der Waals surface area contributed by atoms with E-state index in [1.54, 1.807) is 6.07 Å². The SMILES string of the molecule is O=C1CN(CCc2cccc(Cl)c2)C(=O)N1. The molecule has 1 N–H and O–H groups in total. The van der Waals surface area contributed by atoms with Crippen LogP contribution < -0.4 is 5.32 Å². The Morgan fingerprint density at radius 1 is 1.38 bits per heavy atom. The van der Waals surface area contributed by atoms with Crippen LogP contribution in [0.1, 0.15) is 5.56 Å². The van der Waals surface area contributed by atoms with Crippen molar-refractivity contribution in [2.75, 3.05) is 13.1 Å². The molecule has 0 saturated carbocycles.